The Labute approximate surface area is 112 Å². The quantitative estimate of drug-likeness (QED) is 0.869. The van der Waals surface area contributed by atoms with Gasteiger partial charge in [-0.3, -0.25) is 4.79 Å². The summed E-state index contributed by atoms with van der Waals surface area (Å²) < 4.78 is 0. The fourth-order valence-corrected chi connectivity index (χ4v) is 2.45. The van der Waals surface area contributed by atoms with E-state index in [0.29, 0.717) is 6.54 Å². The molecule has 2 rings (SSSR count). The summed E-state index contributed by atoms with van der Waals surface area (Å²) in [5.74, 6) is -1.26. The van der Waals surface area contributed by atoms with E-state index >= 15 is 0 Å². The van der Waals surface area contributed by atoms with Gasteiger partial charge in [0.1, 0.15) is 0 Å². The van der Waals surface area contributed by atoms with Crippen LogP contribution in [0.4, 0.5) is 0 Å². The van der Waals surface area contributed by atoms with Crippen molar-refractivity contribution in [2.24, 2.45) is 0 Å². The molecular weight excluding hydrogens is 244 g/mol. The molecule has 1 N–H and O–H groups in total. The summed E-state index contributed by atoms with van der Waals surface area (Å²) in [6.45, 7) is 4.23. The maximum atomic E-state index is 12.5. The second kappa shape index (κ2) is 5.40. The predicted octanol–water partition coefficient (Wildman–Crippen LogP) is 1.16. The predicted molar refractivity (Wildman–Crippen MR) is 71.4 cm³/mol. The highest BCUT2D eigenvalue weighted by molar-refractivity contribution is 6.04. The molecule has 1 heterocycles. The van der Waals surface area contributed by atoms with E-state index in [-0.39, 0.29) is 23.1 Å². The Bertz CT molecular complexity index is 501. The van der Waals surface area contributed by atoms with Gasteiger partial charge in [0, 0.05) is 25.7 Å². The van der Waals surface area contributed by atoms with E-state index in [1.165, 1.54) is 6.07 Å². The molecule has 5 nitrogen and oxygen atoms in total. The third-order valence-electron chi connectivity index (χ3n) is 3.48. The summed E-state index contributed by atoms with van der Waals surface area (Å²) in [5.41, 5.74) is 0.338. The van der Waals surface area contributed by atoms with Crippen LogP contribution in [-0.4, -0.2) is 59.5 Å². The Balaban J connectivity index is 2.27. The molecule has 1 aliphatic heterocycles. The lowest BCUT2D eigenvalue weighted by Gasteiger charge is -2.38. The van der Waals surface area contributed by atoms with E-state index in [2.05, 4.69) is 4.90 Å². The topological polar surface area (TPSA) is 60.9 Å². The summed E-state index contributed by atoms with van der Waals surface area (Å²) >= 11 is 0. The highest BCUT2D eigenvalue weighted by atomic mass is 16.4. The number of benzene rings is 1. The summed E-state index contributed by atoms with van der Waals surface area (Å²) in [7, 11) is 2.02. The molecule has 0 radical (unpaired) electrons. The molecule has 0 bridgehead atoms. The molecule has 1 fully saturated rings. The lowest BCUT2D eigenvalue weighted by Crippen LogP contribution is -2.52. The van der Waals surface area contributed by atoms with E-state index < -0.39 is 5.97 Å². The summed E-state index contributed by atoms with van der Waals surface area (Å²) in [6.07, 6.45) is 0. The average molecular weight is 262 g/mol. The fourth-order valence-electron chi connectivity index (χ4n) is 2.45. The fraction of sp³-hybridized carbons (Fsp3) is 0.429. The van der Waals surface area contributed by atoms with Crippen molar-refractivity contribution < 1.29 is 14.7 Å². The lowest BCUT2D eigenvalue weighted by atomic mass is 10.0. The summed E-state index contributed by atoms with van der Waals surface area (Å²) in [6, 6.07) is 6.47. The van der Waals surface area contributed by atoms with E-state index in [1.807, 2.05) is 14.0 Å². The Kier molecular flexibility index (Phi) is 3.85. The van der Waals surface area contributed by atoms with Gasteiger partial charge in [0.15, 0.2) is 0 Å². The number of amides is 1. The summed E-state index contributed by atoms with van der Waals surface area (Å²) in [4.78, 5) is 27.6. The maximum absolute atomic E-state index is 12.5. The number of nitrogens with zero attached hydrogens (tertiary/aromatic N) is 2. The van der Waals surface area contributed by atoms with Crippen molar-refractivity contribution in [2.45, 2.75) is 13.0 Å². The SMILES string of the molecule is CC1CN(C)CCN1C(=O)c1ccccc1C(=O)O. The molecule has 1 aliphatic rings. The van der Waals surface area contributed by atoms with Crippen LogP contribution in [0.5, 0.6) is 0 Å². The minimum atomic E-state index is -1.06. The number of likely N-dealkylation sites (N-methyl/N-ethyl adjacent to an activating group) is 1. The molecule has 5 heteroatoms. The van der Waals surface area contributed by atoms with Crippen LogP contribution in [0.15, 0.2) is 24.3 Å². The first-order chi connectivity index (χ1) is 9.00. The van der Waals surface area contributed by atoms with Crippen molar-refractivity contribution in [1.29, 1.82) is 0 Å². The Morgan fingerprint density at radius 1 is 1.21 bits per heavy atom. The van der Waals surface area contributed by atoms with Gasteiger partial charge in [0.2, 0.25) is 0 Å². The van der Waals surface area contributed by atoms with Gasteiger partial charge in [-0.2, -0.15) is 0 Å². The van der Waals surface area contributed by atoms with Gasteiger partial charge in [-0.15, -0.1) is 0 Å². The normalized spacial score (nSPS) is 20.3. The molecule has 0 saturated carbocycles. The van der Waals surface area contributed by atoms with Crippen LogP contribution >= 0.6 is 0 Å². The molecule has 102 valence electrons. The number of carboxylic acids is 1. The highest BCUT2D eigenvalue weighted by Gasteiger charge is 2.28. The van der Waals surface area contributed by atoms with Crippen LogP contribution in [0.2, 0.25) is 0 Å². The van der Waals surface area contributed by atoms with Gasteiger partial charge < -0.3 is 14.9 Å². The maximum Gasteiger partial charge on any atom is 0.336 e. The van der Waals surface area contributed by atoms with E-state index in [1.54, 1.807) is 23.1 Å². The number of carboxylic acid groups (broad SMARTS) is 1. The van der Waals surface area contributed by atoms with Crippen molar-refractivity contribution in [2.75, 3.05) is 26.7 Å². The third-order valence-corrected chi connectivity index (χ3v) is 3.48. The van der Waals surface area contributed by atoms with Gasteiger partial charge in [0.25, 0.3) is 5.91 Å². The zero-order valence-electron chi connectivity index (χ0n) is 11.2. The first-order valence-electron chi connectivity index (χ1n) is 6.32. The minimum absolute atomic E-state index is 0.0682. The van der Waals surface area contributed by atoms with Crippen LogP contribution in [0.25, 0.3) is 0 Å². The number of piperazine rings is 1. The molecule has 1 aromatic rings. The number of carbonyl (C=O) groups excluding carboxylic acids is 1. The van der Waals surface area contributed by atoms with Crippen LogP contribution in [0.1, 0.15) is 27.6 Å². The Morgan fingerprint density at radius 2 is 1.84 bits per heavy atom. The first-order valence-corrected chi connectivity index (χ1v) is 6.32. The largest absolute Gasteiger partial charge is 0.478 e. The zero-order chi connectivity index (χ0) is 14.0. The van der Waals surface area contributed by atoms with E-state index in [0.717, 1.165) is 13.1 Å². The van der Waals surface area contributed by atoms with Crippen molar-refractivity contribution >= 4 is 11.9 Å². The monoisotopic (exact) mass is 262 g/mol. The molecule has 1 aromatic carbocycles. The molecule has 1 saturated heterocycles. The van der Waals surface area contributed by atoms with Gasteiger partial charge >= 0.3 is 5.97 Å². The molecule has 0 aliphatic carbocycles. The lowest BCUT2D eigenvalue weighted by molar-refractivity contribution is 0.0523. The summed E-state index contributed by atoms with van der Waals surface area (Å²) in [5, 5.41) is 9.14. The Hall–Kier alpha value is -1.88. The molecule has 19 heavy (non-hydrogen) atoms. The van der Waals surface area contributed by atoms with Crippen LogP contribution < -0.4 is 0 Å². The molecule has 0 aromatic heterocycles. The minimum Gasteiger partial charge on any atom is -0.478 e. The average Bonchev–Trinajstić information content (AvgIpc) is 2.38. The van der Waals surface area contributed by atoms with E-state index in [9.17, 15) is 9.59 Å². The van der Waals surface area contributed by atoms with Gasteiger partial charge in [0.05, 0.1) is 11.1 Å². The number of rotatable bonds is 2. The van der Waals surface area contributed by atoms with Crippen LogP contribution in [0, 0.1) is 0 Å². The van der Waals surface area contributed by atoms with Gasteiger partial charge in [-0.25, -0.2) is 4.79 Å². The van der Waals surface area contributed by atoms with Gasteiger partial charge in [-0.05, 0) is 26.1 Å². The Morgan fingerprint density at radius 3 is 2.42 bits per heavy atom. The smallest absolute Gasteiger partial charge is 0.336 e. The molecule has 1 amide bonds. The standard InChI is InChI=1S/C14H18N2O3/c1-10-9-15(2)7-8-16(10)13(17)11-5-3-4-6-12(11)14(18)19/h3-6,10H,7-9H2,1-2H3,(H,18,19). The number of hydrogen-bond donors (Lipinski definition) is 1. The van der Waals surface area contributed by atoms with Crippen LogP contribution in [0.3, 0.4) is 0 Å². The second-order valence-corrected chi connectivity index (χ2v) is 4.96. The number of carbonyl (C=O) groups is 2. The van der Waals surface area contributed by atoms with Crippen molar-refractivity contribution in [3.05, 3.63) is 35.4 Å². The molecule has 0 spiro atoms. The first kappa shape index (κ1) is 13.5. The third kappa shape index (κ3) is 2.76. The van der Waals surface area contributed by atoms with Crippen LogP contribution in [-0.2, 0) is 0 Å². The van der Waals surface area contributed by atoms with Gasteiger partial charge in [-0.1, -0.05) is 12.1 Å². The molecular formula is C14H18N2O3. The zero-order valence-corrected chi connectivity index (χ0v) is 11.2. The van der Waals surface area contributed by atoms with Crippen molar-refractivity contribution in [1.82, 2.24) is 9.80 Å². The van der Waals surface area contributed by atoms with E-state index in [4.69, 9.17) is 5.11 Å². The number of aromatic carboxylic acids is 1. The second-order valence-electron chi connectivity index (χ2n) is 4.96. The van der Waals surface area contributed by atoms with Crippen molar-refractivity contribution in [3.8, 4) is 0 Å². The van der Waals surface area contributed by atoms with Crippen molar-refractivity contribution in [3.63, 3.8) is 0 Å². The molecule has 1 unspecified atom stereocenters. The molecule has 1 atom stereocenters. The number of hydrogen-bond acceptors (Lipinski definition) is 3. The highest BCUT2D eigenvalue weighted by Crippen LogP contribution is 2.16.